The highest BCUT2D eigenvalue weighted by molar-refractivity contribution is 5.89. The van der Waals surface area contributed by atoms with E-state index in [4.69, 9.17) is 9.47 Å². The van der Waals surface area contributed by atoms with Crippen LogP contribution in [0.3, 0.4) is 0 Å². The molecule has 0 saturated carbocycles. The maximum Gasteiger partial charge on any atom is 0.408 e. The molecule has 0 unspecified atom stereocenters. The van der Waals surface area contributed by atoms with Crippen molar-refractivity contribution < 1.29 is 33.8 Å². The summed E-state index contributed by atoms with van der Waals surface area (Å²) in [7, 11) is 0. The van der Waals surface area contributed by atoms with Crippen molar-refractivity contribution in [3.63, 3.8) is 0 Å². The van der Waals surface area contributed by atoms with Gasteiger partial charge in [-0.25, -0.2) is 9.59 Å². The van der Waals surface area contributed by atoms with E-state index in [1.165, 1.54) is 0 Å². The van der Waals surface area contributed by atoms with Crippen LogP contribution < -0.4 is 10.6 Å². The van der Waals surface area contributed by atoms with Crippen LogP contribution in [0.4, 0.5) is 4.79 Å². The third kappa shape index (κ3) is 12.1. The number of amides is 2. The number of alkyl carbamates (subject to hydrolysis) is 1. The summed E-state index contributed by atoms with van der Waals surface area (Å²) in [4.78, 5) is 49.3. The number of hydrogen-bond donors (Lipinski definition) is 3. The molecule has 2 amide bonds. The first-order valence-corrected chi connectivity index (χ1v) is 12.3. The number of rotatable bonds is 13. The molecule has 37 heavy (non-hydrogen) atoms. The molecule has 0 bridgehead atoms. The number of carbonyl (C=O) groups is 4. The minimum absolute atomic E-state index is 0.00769. The summed E-state index contributed by atoms with van der Waals surface area (Å²) < 4.78 is 10.5. The summed E-state index contributed by atoms with van der Waals surface area (Å²) in [6, 6.07) is 16.1. The monoisotopic (exact) mass is 512 g/mol. The molecule has 0 spiro atoms. The van der Waals surface area contributed by atoms with Crippen LogP contribution in [-0.4, -0.2) is 46.7 Å². The van der Waals surface area contributed by atoms with E-state index in [1.54, 1.807) is 32.9 Å². The van der Waals surface area contributed by atoms with Gasteiger partial charge in [-0.1, -0.05) is 60.7 Å². The van der Waals surface area contributed by atoms with Gasteiger partial charge in [-0.15, -0.1) is 0 Å². The lowest BCUT2D eigenvalue weighted by Crippen LogP contribution is -2.51. The Hall–Kier alpha value is -3.88. The van der Waals surface area contributed by atoms with E-state index < -0.39 is 41.6 Å². The predicted molar refractivity (Wildman–Crippen MR) is 138 cm³/mol. The Balaban J connectivity index is 2.00. The van der Waals surface area contributed by atoms with Gasteiger partial charge in [0.25, 0.3) is 0 Å². The number of hydrogen-bond acceptors (Lipinski definition) is 6. The Kier molecular flexibility index (Phi) is 11.6. The van der Waals surface area contributed by atoms with Crippen LogP contribution in [0, 0.1) is 0 Å². The van der Waals surface area contributed by atoms with Crippen molar-refractivity contribution in [3.8, 4) is 0 Å². The third-order valence-electron chi connectivity index (χ3n) is 5.29. The average molecular weight is 513 g/mol. The van der Waals surface area contributed by atoms with Crippen molar-refractivity contribution in [2.24, 2.45) is 0 Å². The molecule has 0 radical (unpaired) electrons. The number of ether oxygens (including phenoxy) is 2. The molecule has 0 aromatic heterocycles. The van der Waals surface area contributed by atoms with Gasteiger partial charge in [-0.05, 0) is 57.6 Å². The second-order valence-corrected chi connectivity index (χ2v) is 9.66. The van der Waals surface area contributed by atoms with Crippen LogP contribution in [0.25, 0.3) is 0 Å². The molecule has 0 heterocycles. The number of esters is 1. The second-order valence-electron chi connectivity index (χ2n) is 9.66. The highest BCUT2D eigenvalue weighted by atomic mass is 16.6. The van der Waals surface area contributed by atoms with Gasteiger partial charge >= 0.3 is 18.0 Å². The lowest BCUT2D eigenvalue weighted by atomic mass is 10.0. The number of benzene rings is 2. The molecule has 3 N–H and O–H groups in total. The van der Waals surface area contributed by atoms with Crippen molar-refractivity contribution >= 4 is 23.9 Å². The van der Waals surface area contributed by atoms with E-state index in [0.29, 0.717) is 6.42 Å². The van der Waals surface area contributed by atoms with Crippen LogP contribution in [-0.2, 0) is 36.9 Å². The van der Waals surface area contributed by atoms with Crippen molar-refractivity contribution in [2.75, 3.05) is 0 Å². The molecule has 2 aromatic carbocycles. The van der Waals surface area contributed by atoms with Gasteiger partial charge in [-0.3, -0.25) is 9.59 Å². The van der Waals surface area contributed by atoms with Crippen molar-refractivity contribution in [3.05, 3.63) is 71.8 Å². The van der Waals surface area contributed by atoms with E-state index in [2.05, 4.69) is 10.6 Å². The van der Waals surface area contributed by atoms with Crippen LogP contribution in [0.5, 0.6) is 0 Å². The van der Waals surface area contributed by atoms with Gasteiger partial charge < -0.3 is 25.2 Å². The molecule has 0 saturated heterocycles. The zero-order valence-electron chi connectivity index (χ0n) is 21.6. The topological polar surface area (TPSA) is 131 Å². The minimum atomic E-state index is -1.18. The molecule has 2 atom stereocenters. The van der Waals surface area contributed by atoms with Crippen molar-refractivity contribution in [1.29, 1.82) is 0 Å². The summed E-state index contributed by atoms with van der Waals surface area (Å²) in [5.74, 6) is -2.27. The fraction of sp³-hybridized carbons (Fsp3) is 0.429. The van der Waals surface area contributed by atoms with Gasteiger partial charge in [0, 0.05) is 6.42 Å². The zero-order valence-corrected chi connectivity index (χ0v) is 21.6. The zero-order chi connectivity index (χ0) is 27.3. The maximum absolute atomic E-state index is 13.0. The van der Waals surface area contributed by atoms with Gasteiger partial charge in [-0.2, -0.15) is 0 Å². The molecular weight excluding hydrogens is 476 g/mol. The third-order valence-corrected chi connectivity index (χ3v) is 5.29. The number of carboxylic acid groups (broad SMARTS) is 1. The van der Waals surface area contributed by atoms with Gasteiger partial charge in [0.2, 0.25) is 5.91 Å². The van der Waals surface area contributed by atoms with E-state index in [0.717, 1.165) is 11.1 Å². The minimum Gasteiger partial charge on any atom is -0.480 e. The van der Waals surface area contributed by atoms with Gasteiger partial charge in [0.15, 0.2) is 0 Å². The Morgan fingerprint density at radius 2 is 1.43 bits per heavy atom. The molecule has 0 fully saturated rings. The lowest BCUT2D eigenvalue weighted by Gasteiger charge is -2.22. The summed E-state index contributed by atoms with van der Waals surface area (Å²) in [5, 5.41) is 14.7. The Labute approximate surface area is 217 Å². The predicted octanol–water partition coefficient (Wildman–Crippen LogP) is 4.00. The van der Waals surface area contributed by atoms with Gasteiger partial charge in [0.05, 0.1) is 0 Å². The summed E-state index contributed by atoms with van der Waals surface area (Å²) in [6.07, 6.45) is 0.183. The van der Waals surface area contributed by atoms with Crippen molar-refractivity contribution in [2.45, 2.75) is 77.2 Å². The Morgan fingerprint density at radius 1 is 0.838 bits per heavy atom. The Bertz CT molecular complexity index is 1020. The van der Waals surface area contributed by atoms with E-state index in [1.807, 2.05) is 48.5 Å². The van der Waals surface area contributed by atoms with Gasteiger partial charge in [0.1, 0.15) is 24.3 Å². The summed E-state index contributed by atoms with van der Waals surface area (Å²) in [6.45, 7) is 5.28. The molecule has 0 aliphatic heterocycles. The summed E-state index contributed by atoms with van der Waals surface area (Å²) >= 11 is 0. The molecule has 0 aliphatic carbocycles. The molecule has 9 heteroatoms. The smallest absolute Gasteiger partial charge is 0.408 e. The number of carboxylic acids is 1. The maximum atomic E-state index is 13.0. The molecular formula is C28H36N2O7. The standard InChI is InChI=1S/C28H36N2O7/c1-28(2,3)37-24(31)16-10-15-22(30-27(35)36-19-21-13-8-5-9-14-21)25(32)29-23(26(33)34)18-17-20-11-6-4-7-12-20/h4-9,11-14,22-23H,10,15-19H2,1-3H3,(H,29,32)(H,30,35)(H,33,34)/t22-,23-/m0/s1. The van der Waals surface area contributed by atoms with Crippen molar-refractivity contribution in [1.82, 2.24) is 10.6 Å². The van der Waals surface area contributed by atoms with Crippen LogP contribution in [0.1, 0.15) is 57.6 Å². The number of aliphatic carboxylic acids is 1. The molecule has 2 rings (SSSR count). The first-order chi connectivity index (χ1) is 17.5. The van der Waals surface area contributed by atoms with Crippen LogP contribution in [0.2, 0.25) is 0 Å². The quantitative estimate of drug-likeness (QED) is 0.346. The number of carbonyl (C=O) groups excluding carboxylic acids is 3. The molecule has 2 aromatic rings. The molecule has 0 aliphatic rings. The number of aryl methyl sites for hydroxylation is 1. The Morgan fingerprint density at radius 3 is 2.00 bits per heavy atom. The SMILES string of the molecule is CC(C)(C)OC(=O)CCC[C@H](NC(=O)OCc1ccccc1)C(=O)N[C@@H](CCc1ccccc1)C(=O)O. The summed E-state index contributed by atoms with van der Waals surface area (Å²) in [5.41, 5.74) is 1.08. The van der Waals surface area contributed by atoms with E-state index in [9.17, 15) is 24.3 Å². The lowest BCUT2D eigenvalue weighted by molar-refractivity contribution is -0.155. The first-order valence-electron chi connectivity index (χ1n) is 12.3. The fourth-order valence-electron chi connectivity index (χ4n) is 3.50. The van der Waals surface area contributed by atoms with E-state index >= 15 is 0 Å². The largest absolute Gasteiger partial charge is 0.480 e. The van der Waals surface area contributed by atoms with Crippen LogP contribution in [0.15, 0.2) is 60.7 Å². The highest BCUT2D eigenvalue weighted by Crippen LogP contribution is 2.12. The fourth-order valence-corrected chi connectivity index (χ4v) is 3.50. The normalized spacial score (nSPS) is 12.6. The molecule has 200 valence electrons. The van der Waals surface area contributed by atoms with Crippen LogP contribution >= 0.6 is 0 Å². The number of nitrogens with one attached hydrogen (secondary N) is 2. The molecule has 9 nitrogen and oxygen atoms in total. The second kappa shape index (κ2) is 14.6. The highest BCUT2D eigenvalue weighted by Gasteiger charge is 2.27. The average Bonchev–Trinajstić information content (AvgIpc) is 2.84. The van der Waals surface area contributed by atoms with E-state index in [-0.39, 0.29) is 32.3 Å². The first kappa shape index (κ1) is 29.4.